The lowest BCUT2D eigenvalue weighted by Gasteiger charge is -2.35. The average Bonchev–Trinajstić information content (AvgIpc) is 2.64. The number of carbonyl (C=O) groups is 2. The van der Waals surface area contributed by atoms with Crippen LogP contribution in [0.1, 0.15) is 80.2 Å². The number of carbonyl (C=O) groups excluding carboxylic acids is 2. The van der Waals surface area contributed by atoms with Crippen LogP contribution in [0.4, 0.5) is 11.4 Å². The van der Waals surface area contributed by atoms with Crippen LogP contribution in [0.25, 0.3) is 0 Å². The number of nitrogens with one attached hydrogen (secondary N) is 1. The molecule has 5 heteroatoms. The molecule has 31 heavy (non-hydrogen) atoms. The van der Waals surface area contributed by atoms with E-state index >= 15 is 0 Å². The summed E-state index contributed by atoms with van der Waals surface area (Å²) in [5.74, 6) is 0.629. The van der Waals surface area contributed by atoms with Crippen LogP contribution in [0, 0.1) is 17.3 Å². The van der Waals surface area contributed by atoms with Crippen molar-refractivity contribution in [2.24, 2.45) is 17.3 Å². The van der Waals surface area contributed by atoms with Crippen LogP contribution in [-0.2, 0) is 16.1 Å². The molecule has 1 aromatic carbocycles. The van der Waals surface area contributed by atoms with Gasteiger partial charge < -0.3 is 15.1 Å². The van der Waals surface area contributed by atoms with Crippen LogP contribution in [0.2, 0.25) is 0 Å². The standard InChI is InChI=1S/C26H45N3O2/c1-11-20(12-2)25(31)29(19(5)18(3)4)17-21-15-22(13-14-23(21)28(9)10)27-24(30)16-26(6,7)8/h13-15,18-20H,11-12,16-17H2,1-10H3,(H,27,30)/t19-/m1/s1. The Labute approximate surface area is 190 Å². The Bertz CT molecular complexity index is 731. The molecule has 1 atom stereocenters. The SMILES string of the molecule is CCC(CC)C(=O)N(Cc1cc(NC(=O)CC(C)(C)C)ccc1N(C)C)[C@H](C)C(C)C. The van der Waals surface area contributed by atoms with Crippen molar-refractivity contribution in [1.29, 1.82) is 0 Å². The highest BCUT2D eigenvalue weighted by atomic mass is 16.2. The average molecular weight is 432 g/mol. The van der Waals surface area contributed by atoms with Crippen LogP contribution < -0.4 is 10.2 Å². The van der Waals surface area contributed by atoms with E-state index in [0.717, 1.165) is 29.8 Å². The summed E-state index contributed by atoms with van der Waals surface area (Å²) in [6, 6.07) is 6.12. The molecule has 5 nitrogen and oxygen atoms in total. The number of nitrogens with zero attached hydrogens (tertiary/aromatic N) is 2. The molecule has 0 fully saturated rings. The van der Waals surface area contributed by atoms with Crippen LogP contribution in [0.3, 0.4) is 0 Å². The molecule has 0 aliphatic carbocycles. The van der Waals surface area contributed by atoms with Crippen molar-refractivity contribution in [2.45, 2.75) is 87.2 Å². The third kappa shape index (κ3) is 8.19. The maximum atomic E-state index is 13.4. The van der Waals surface area contributed by atoms with Gasteiger partial charge in [-0.3, -0.25) is 9.59 Å². The van der Waals surface area contributed by atoms with Crippen molar-refractivity contribution in [3.8, 4) is 0 Å². The van der Waals surface area contributed by atoms with E-state index in [-0.39, 0.29) is 29.2 Å². The van der Waals surface area contributed by atoms with E-state index in [1.165, 1.54) is 0 Å². The topological polar surface area (TPSA) is 52.7 Å². The minimum atomic E-state index is -0.0677. The van der Waals surface area contributed by atoms with Crippen molar-refractivity contribution in [3.05, 3.63) is 23.8 Å². The molecule has 0 aliphatic rings. The van der Waals surface area contributed by atoms with Gasteiger partial charge in [0.15, 0.2) is 0 Å². The molecule has 1 aromatic rings. The zero-order valence-corrected chi connectivity index (χ0v) is 21.5. The molecule has 2 amide bonds. The minimum Gasteiger partial charge on any atom is -0.377 e. The largest absolute Gasteiger partial charge is 0.377 e. The monoisotopic (exact) mass is 431 g/mol. The molecule has 0 unspecified atom stereocenters. The molecule has 0 aliphatic heterocycles. The fourth-order valence-corrected chi connectivity index (χ4v) is 3.75. The molecule has 0 spiro atoms. The Morgan fingerprint density at radius 2 is 1.61 bits per heavy atom. The minimum absolute atomic E-state index is 0.0107. The van der Waals surface area contributed by atoms with Crippen molar-refractivity contribution in [2.75, 3.05) is 24.3 Å². The summed E-state index contributed by atoms with van der Waals surface area (Å²) < 4.78 is 0. The number of hydrogen-bond acceptors (Lipinski definition) is 3. The molecular formula is C26H45N3O2. The molecule has 0 aromatic heterocycles. The molecule has 1 rings (SSSR count). The molecule has 0 saturated heterocycles. The van der Waals surface area contributed by atoms with Gasteiger partial charge in [0.1, 0.15) is 0 Å². The van der Waals surface area contributed by atoms with Gasteiger partial charge in [0.2, 0.25) is 11.8 Å². The van der Waals surface area contributed by atoms with Gasteiger partial charge in [0.05, 0.1) is 0 Å². The second kappa shape index (κ2) is 11.5. The summed E-state index contributed by atoms with van der Waals surface area (Å²) in [4.78, 5) is 30.0. The van der Waals surface area contributed by atoms with Crippen LogP contribution in [0.5, 0.6) is 0 Å². The Hall–Kier alpha value is -2.04. The predicted octanol–water partition coefficient (Wildman–Crippen LogP) is 5.94. The highest BCUT2D eigenvalue weighted by Gasteiger charge is 2.28. The summed E-state index contributed by atoms with van der Waals surface area (Å²) in [5, 5.41) is 3.04. The smallest absolute Gasteiger partial charge is 0.226 e. The first kappa shape index (κ1) is 27.0. The lowest BCUT2D eigenvalue weighted by Crippen LogP contribution is -2.44. The number of anilines is 2. The first-order valence-electron chi connectivity index (χ1n) is 11.7. The summed E-state index contributed by atoms with van der Waals surface area (Å²) in [6.45, 7) is 17.3. The van der Waals surface area contributed by atoms with Crippen molar-refractivity contribution < 1.29 is 9.59 Å². The van der Waals surface area contributed by atoms with E-state index in [1.807, 2.05) is 37.2 Å². The fraction of sp³-hybridized carbons (Fsp3) is 0.692. The summed E-state index contributed by atoms with van der Waals surface area (Å²) in [6.07, 6.45) is 2.15. The molecule has 0 bridgehead atoms. The third-order valence-corrected chi connectivity index (χ3v) is 5.95. The van der Waals surface area contributed by atoms with E-state index in [0.29, 0.717) is 18.9 Å². The predicted molar refractivity (Wildman–Crippen MR) is 132 cm³/mol. The van der Waals surface area contributed by atoms with Gasteiger partial charge in [-0.1, -0.05) is 48.5 Å². The maximum Gasteiger partial charge on any atom is 0.226 e. The first-order valence-corrected chi connectivity index (χ1v) is 11.7. The maximum absolute atomic E-state index is 13.4. The van der Waals surface area contributed by atoms with E-state index < -0.39 is 0 Å². The van der Waals surface area contributed by atoms with Crippen molar-refractivity contribution in [3.63, 3.8) is 0 Å². The van der Waals surface area contributed by atoms with E-state index in [1.54, 1.807) is 0 Å². The highest BCUT2D eigenvalue weighted by molar-refractivity contribution is 5.91. The molecule has 0 saturated carbocycles. The lowest BCUT2D eigenvalue weighted by molar-refractivity contribution is -0.139. The zero-order chi connectivity index (χ0) is 23.9. The van der Waals surface area contributed by atoms with Crippen LogP contribution in [0.15, 0.2) is 18.2 Å². The third-order valence-electron chi connectivity index (χ3n) is 5.95. The number of rotatable bonds is 10. The van der Waals surface area contributed by atoms with Crippen LogP contribution >= 0.6 is 0 Å². The molecule has 1 N–H and O–H groups in total. The fourth-order valence-electron chi connectivity index (χ4n) is 3.75. The summed E-state index contributed by atoms with van der Waals surface area (Å²) >= 11 is 0. The van der Waals surface area contributed by atoms with Crippen molar-refractivity contribution in [1.82, 2.24) is 4.90 Å². The van der Waals surface area contributed by atoms with E-state index in [4.69, 9.17) is 0 Å². The Kier molecular flexibility index (Phi) is 10.1. The summed E-state index contributed by atoms with van der Waals surface area (Å²) in [5.41, 5.74) is 2.82. The van der Waals surface area contributed by atoms with Gasteiger partial charge >= 0.3 is 0 Å². The van der Waals surface area contributed by atoms with Gasteiger partial charge in [0.25, 0.3) is 0 Å². The Balaban J connectivity index is 3.30. The first-order chi connectivity index (χ1) is 14.3. The Morgan fingerprint density at radius 1 is 1.03 bits per heavy atom. The normalized spacial score (nSPS) is 12.8. The van der Waals surface area contributed by atoms with E-state index in [2.05, 4.69) is 65.6 Å². The lowest BCUT2D eigenvalue weighted by atomic mass is 9.92. The number of hydrogen-bond donors (Lipinski definition) is 1. The van der Waals surface area contributed by atoms with Gasteiger partial charge in [-0.15, -0.1) is 0 Å². The summed E-state index contributed by atoms with van der Waals surface area (Å²) in [7, 11) is 4.02. The second-order valence-electron chi connectivity index (χ2n) is 10.5. The molecular weight excluding hydrogens is 386 g/mol. The van der Waals surface area contributed by atoms with Crippen molar-refractivity contribution >= 4 is 23.2 Å². The highest BCUT2D eigenvalue weighted by Crippen LogP contribution is 2.28. The van der Waals surface area contributed by atoms with Gasteiger partial charge in [-0.2, -0.15) is 0 Å². The van der Waals surface area contributed by atoms with E-state index in [9.17, 15) is 9.59 Å². The molecule has 0 heterocycles. The molecule has 0 radical (unpaired) electrons. The van der Waals surface area contributed by atoms with Crippen LogP contribution in [-0.4, -0.2) is 36.9 Å². The number of amides is 2. The molecule has 176 valence electrons. The number of benzene rings is 1. The Morgan fingerprint density at radius 3 is 2.06 bits per heavy atom. The second-order valence-corrected chi connectivity index (χ2v) is 10.5. The zero-order valence-electron chi connectivity index (χ0n) is 21.5. The van der Waals surface area contributed by atoms with Gasteiger partial charge in [-0.05, 0) is 54.9 Å². The van der Waals surface area contributed by atoms with Gasteiger partial charge in [-0.25, -0.2) is 0 Å². The quantitative estimate of drug-likeness (QED) is 0.499. The van der Waals surface area contributed by atoms with Gasteiger partial charge in [0, 0.05) is 50.4 Å².